The van der Waals surface area contributed by atoms with Crippen LogP contribution in [0.3, 0.4) is 0 Å². The van der Waals surface area contributed by atoms with Gasteiger partial charge in [-0.2, -0.15) is 0 Å². The summed E-state index contributed by atoms with van der Waals surface area (Å²) in [7, 11) is -4.75. The van der Waals surface area contributed by atoms with Crippen molar-refractivity contribution in [2.45, 2.75) is 4.21 Å². The fraction of sp³-hybridized carbons (Fsp3) is 0. The van der Waals surface area contributed by atoms with Gasteiger partial charge in [0.2, 0.25) is 0 Å². The SMILES string of the molecule is O=C(O)c1c(Cl)csc1S(=O)(=O)[O-].[K+]. The van der Waals surface area contributed by atoms with Crippen LogP contribution in [-0.2, 0) is 10.1 Å². The van der Waals surface area contributed by atoms with Crippen molar-refractivity contribution in [1.82, 2.24) is 0 Å². The van der Waals surface area contributed by atoms with Gasteiger partial charge in [0.1, 0.15) is 19.9 Å². The summed E-state index contributed by atoms with van der Waals surface area (Å²) in [6.07, 6.45) is 0. The Hall–Kier alpha value is 1.01. The van der Waals surface area contributed by atoms with Crippen LogP contribution in [0.5, 0.6) is 0 Å². The summed E-state index contributed by atoms with van der Waals surface area (Å²) >= 11 is 5.87. The quantitative estimate of drug-likeness (QED) is 0.500. The zero-order valence-corrected chi connectivity index (χ0v) is 12.4. The molecule has 0 aliphatic rings. The van der Waals surface area contributed by atoms with Gasteiger partial charge in [0, 0.05) is 5.38 Å². The second-order valence-electron chi connectivity index (χ2n) is 2.01. The van der Waals surface area contributed by atoms with Gasteiger partial charge in [0.25, 0.3) is 0 Å². The maximum atomic E-state index is 10.5. The van der Waals surface area contributed by atoms with Gasteiger partial charge >= 0.3 is 57.4 Å². The van der Waals surface area contributed by atoms with E-state index in [-0.39, 0.29) is 56.4 Å². The summed E-state index contributed by atoms with van der Waals surface area (Å²) in [6.45, 7) is 0. The van der Waals surface area contributed by atoms with E-state index >= 15 is 0 Å². The molecule has 1 N–H and O–H groups in total. The Balaban J connectivity index is 0.00000169. The van der Waals surface area contributed by atoms with E-state index in [4.69, 9.17) is 16.7 Å². The van der Waals surface area contributed by atoms with E-state index in [1.54, 1.807) is 0 Å². The number of thiophene rings is 1. The molecule has 0 amide bonds. The molecule has 0 aliphatic carbocycles. The summed E-state index contributed by atoms with van der Waals surface area (Å²) in [5.41, 5.74) is -0.651. The molecule has 1 aromatic heterocycles. The molecule has 0 saturated heterocycles. The number of carboxylic acid groups (broad SMARTS) is 1. The molecule has 9 heteroatoms. The zero-order chi connectivity index (χ0) is 10.2. The number of hydrogen-bond donors (Lipinski definition) is 1. The van der Waals surface area contributed by atoms with Gasteiger partial charge in [-0.3, -0.25) is 0 Å². The van der Waals surface area contributed by atoms with E-state index in [9.17, 15) is 17.8 Å². The van der Waals surface area contributed by atoms with Crippen molar-refractivity contribution in [1.29, 1.82) is 0 Å². The van der Waals surface area contributed by atoms with Crippen LogP contribution in [-0.4, -0.2) is 24.0 Å². The van der Waals surface area contributed by atoms with Gasteiger partial charge < -0.3 is 9.66 Å². The molecular formula is C5H2ClKO5S2. The molecule has 0 fully saturated rings. The number of aromatic carboxylic acids is 1. The summed E-state index contributed by atoms with van der Waals surface area (Å²) < 4.78 is 30.8. The molecule has 0 radical (unpaired) electrons. The first-order valence-corrected chi connectivity index (χ1v) is 5.47. The molecule has 0 aliphatic heterocycles. The Labute approximate surface area is 131 Å². The Morgan fingerprint density at radius 3 is 2.36 bits per heavy atom. The van der Waals surface area contributed by atoms with Crippen LogP contribution in [0.15, 0.2) is 9.59 Å². The average Bonchev–Trinajstić information content (AvgIpc) is 2.28. The summed E-state index contributed by atoms with van der Waals surface area (Å²) in [4.78, 5) is 10.5. The molecule has 0 aromatic carbocycles. The van der Waals surface area contributed by atoms with Crippen LogP contribution in [0, 0.1) is 0 Å². The first-order chi connectivity index (χ1) is 5.84. The van der Waals surface area contributed by atoms with E-state index in [1.807, 2.05) is 0 Å². The standard InChI is InChI=1S/C5H3ClO5S2.K/c6-2-1-12-5(13(9,10)11)3(2)4(7)8;/h1H,(H,7,8)(H,9,10,11);/q;+1/p-1. The topological polar surface area (TPSA) is 94.5 Å². The number of hydrogen-bond acceptors (Lipinski definition) is 5. The fourth-order valence-electron chi connectivity index (χ4n) is 0.694. The molecule has 1 rings (SSSR count). The third-order valence-corrected chi connectivity index (χ3v) is 3.91. The molecule has 72 valence electrons. The van der Waals surface area contributed by atoms with Crippen LogP contribution in [0.4, 0.5) is 0 Å². The van der Waals surface area contributed by atoms with E-state index in [2.05, 4.69) is 0 Å². The third-order valence-electron chi connectivity index (χ3n) is 1.15. The Bertz CT molecular complexity index is 451. The predicted octanol–water partition coefficient (Wildman–Crippen LogP) is -1.99. The van der Waals surface area contributed by atoms with Gasteiger partial charge in [-0.1, -0.05) is 11.6 Å². The predicted molar refractivity (Wildman–Crippen MR) is 44.3 cm³/mol. The van der Waals surface area contributed by atoms with Crippen LogP contribution in [0.25, 0.3) is 0 Å². The molecule has 0 saturated carbocycles. The largest absolute Gasteiger partial charge is 1.00 e. The van der Waals surface area contributed by atoms with Crippen molar-refractivity contribution in [3.63, 3.8) is 0 Å². The molecular weight excluding hydrogens is 279 g/mol. The summed E-state index contributed by atoms with van der Waals surface area (Å²) in [6, 6.07) is 0. The molecule has 0 unspecified atom stereocenters. The molecule has 1 aromatic rings. The van der Waals surface area contributed by atoms with Gasteiger partial charge in [-0.25, -0.2) is 13.2 Å². The van der Waals surface area contributed by atoms with Gasteiger partial charge in [0.05, 0.1) is 5.02 Å². The first kappa shape index (κ1) is 15.0. The summed E-state index contributed by atoms with van der Waals surface area (Å²) in [5, 5.41) is 9.37. The van der Waals surface area contributed by atoms with Crippen molar-refractivity contribution >= 4 is 39.0 Å². The third kappa shape index (κ3) is 3.25. The second-order valence-corrected chi connectivity index (χ2v) is 4.87. The van der Waals surface area contributed by atoms with Crippen LogP contribution in [0.1, 0.15) is 10.4 Å². The minimum absolute atomic E-state index is 0. The average molecular weight is 281 g/mol. The van der Waals surface area contributed by atoms with Gasteiger partial charge in [-0.05, 0) is 0 Å². The molecule has 0 bridgehead atoms. The second kappa shape index (κ2) is 5.37. The van der Waals surface area contributed by atoms with Crippen LogP contribution in [0.2, 0.25) is 5.02 Å². The molecule has 5 nitrogen and oxygen atoms in total. The minimum Gasteiger partial charge on any atom is -0.743 e. The molecule has 0 atom stereocenters. The van der Waals surface area contributed by atoms with E-state index in [1.165, 1.54) is 0 Å². The van der Waals surface area contributed by atoms with Crippen molar-refractivity contribution in [3.8, 4) is 0 Å². The minimum atomic E-state index is -4.75. The number of halogens is 1. The van der Waals surface area contributed by atoms with Crippen molar-refractivity contribution in [2.24, 2.45) is 0 Å². The van der Waals surface area contributed by atoms with Crippen molar-refractivity contribution < 1.29 is 74.3 Å². The summed E-state index contributed by atoms with van der Waals surface area (Å²) in [5.74, 6) is -1.53. The van der Waals surface area contributed by atoms with Crippen molar-refractivity contribution in [2.75, 3.05) is 0 Å². The smallest absolute Gasteiger partial charge is 0.743 e. The molecule has 1 heterocycles. The fourth-order valence-corrected chi connectivity index (χ4v) is 2.82. The van der Waals surface area contributed by atoms with E-state index in [0.717, 1.165) is 5.38 Å². The molecule has 0 spiro atoms. The number of carbonyl (C=O) groups is 1. The Morgan fingerprint density at radius 2 is 2.07 bits per heavy atom. The monoisotopic (exact) mass is 280 g/mol. The van der Waals surface area contributed by atoms with Gasteiger partial charge in [-0.15, -0.1) is 11.3 Å². The van der Waals surface area contributed by atoms with Crippen LogP contribution >= 0.6 is 22.9 Å². The number of rotatable bonds is 2. The molecule has 14 heavy (non-hydrogen) atoms. The maximum absolute atomic E-state index is 10.5. The van der Waals surface area contributed by atoms with Crippen molar-refractivity contribution in [3.05, 3.63) is 16.0 Å². The van der Waals surface area contributed by atoms with Crippen LogP contribution < -0.4 is 51.4 Å². The first-order valence-electron chi connectivity index (χ1n) is 2.80. The zero-order valence-electron chi connectivity index (χ0n) is 6.85. The normalized spacial score (nSPS) is 10.7. The Kier molecular flexibility index (Phi) is 5.76. The number of carboxylic acids is 1. The van der Waals surface area contributed by atoms with E-state index < -0.39 is 25.9 Å². The Morgan fingerprint density at radius 1 is 1.57 bits per heavy atom. The van der Waals surface area contributed by atoms with Gasteiger partial charge in [0.15, 0.2) is 0 Å². The van der Waals surface area contributed by atoms with E-state index in [0.29, 0.717) is 11.3 Å². The maximum Gasteiger partial charge on any atom is 1.00 e.